The summed E-state index contributed by atoms with van der Waals surface area (Å²) < 4.78 is 47.5. The maximum Gasteiger partial charge on any atom is 0.433 e. The van der Waals surface area contributed by atoms with Crippen LogP contribution in [0.5, 0.6) is 11.6 Å². The van der Waals surface area contributed by atoms with Gasteiger partial charge >= 0.3 is 6.18 Å². The van der Waals surface area contributed by atoms with Gasteiger partial charge in [-0.15, -0.1) is 0 Å². The number of amides is 1. The van der Waals surface area contributed by atoms with Crippen molar-refractivity contribution in [3.05, 3.63) is 54.6 Å². The summed E-state index contributed by atoms with van der Waals surface area (Å²) in [7, 11) is 0. The molecular weight excluding hydrogens is 463 g/mol. The van der Waals surface area contributed by atoms with Crippen LogP contribution in [0.3, 0.4) is 0 Å². The lowest BCUT2D eigenvalue weighted by Crippen LogP contribution is -2.48. The van der Waals surface area contributed by atoms with Gasteiger partial charge in [-0.3, -0.25) is 9.89 Å². The van der Waals surface area contributed by atoms with Crippen LogP contribution in [0.4, 0.5) is 19.0 Å². The molecule has 0 radical (unpaired) electrons. The van der Waals surface area contributed by atoms with Gasteiger partial charge in [0.2, 0.25) is 11.8 Å². The number of rotatable bonds is 4. The maximum absolute atomic E-state index is 13.8. The molecule has 1 amide bonds. The predicted molar refractivity (Wildman–Crippen MR) is 122 cm³/mol. The molecule has 35 heavy (non-hydrogen) atoms. The monoisotopic (exact) mass is 483 g/mol. The standard InChI is InChI=1S/C23H20F3N7O2/c1-3-18(34)32-6-8-33(9-7-32)21-14-10-17(23(24,25)26)30-22(19(14)27-12-28-21)35-20-13(2)4-5-16-15(20)11-29-31-16/h3-5,10-12H,1,6-9H2,2H3,(H,29,31). The molecule has 1 aromatic carbocycles. The number of alkyl halides is 3. The van der Waals surface area contributed by atoms with Crippen molar-refractivity contribution in [3.8, 4) is 11.6 Å². The zero-order chi connectivity index (χ0) is 24.7. The Kier molecular flexibility index (Phi) is 5.50. The first kappa shape index (κ1) is 22.6. The zero-order valence-corrected chi connectivity index (χ0v) is 18.6. The minimum absolute atomic E-state index is 0.146. The Hall–Kier alpha value is -4.22. The third kappa shape index (κ3) is 4.11. The zero-order valence-electron chi connectivity index (χ0n) is 18.6. The van der Waals surface area contributed by atoms with Crippen LogP contribution in [-0.2, 0) is 11.0 Å². The van der Waals surface area contributed by atoms with Crippen molar-refractivity contribution in [2.24, 2.45) is 0 Å². The number of pyridine rings is 1. The van der Waals surface area contributed by atoms with Crippen LogP contribution in [0.2, 0.25) is 0 Å². The number of benzene rings is 1. The molecule has 5 rings (SSSR count). The van der Waals surface area contributed by atoms with Gasteiger partial charge in [0, 0.05) is 26.2 Å². The van der Waals surface area contributed by atoms with Crippen LogP contribution in [0.25, 0.3) is 21.8 Å². The minimum Gasteiger partial charge on any atom is -0.436 e. The molecule has 1 saturated heterocycles. The Balaban J connectivity index is 1.61. The number of hydrogen-bond donors (Lipinski definition) is 1. The lowest BCUT2D eigenvalue weighted by Gasteiger charge is -2.35. The smallest absolute Gasteiger partial charge is 0.433 e. The van der Waals surface area contributed by atoms with E-state index in [-0.39, 0.29) is 22.7 Å². The fraction of sp³-hybridized carbons (Fsp3) is 0.261. The summed E-state index contributed by atoms with van der Waals surface area (Å²) in [5.74, 6) is 0.175. The normalized spacial score (nSPS) is 14.5. The molecule has 1 fully saturated rings. The lowest BCUT2D eigenvalue weighted by molar-refractivity contribution is -0.141. The van der Waals surface area contributed by atoms with E-state index in [1.807, 2.05) is 4.90 Å². The second kappa shape index (κ2) is 8.53. The summed E-state index contributed by atoms with van der Waals surface area (Å²) >= 11 is 0. The van der Waals surface area contributed by atoms with Crippen molar-refractivity contribution in [2.75, 3.05) is 31.1 Å². The van der Waals surface area contributed by atoms with E-state index in [1.54, 1.807) is 24.0 Å². The second-order valence-corrected chi connectivity index (χ2v) is 8.07. The molecular formula is C23H20F3N7O2. The summed E-state index contributed by atoms with van der Waals surface area (Å²) in [5.41, 5.74) is 0.397. The summed E-state index contributed by atoms with van der Waals surface area (Å²) in [6, 6.07) is 4.51. The first-order valence-electron chi connectivity index (χ1n) is 10.8. The van der Waals surface area contributed by atoms with Gasteiger partial charge in [0.1, 0.15) is 29.1 Å². The lowest BCUT2D eigenvalue weighted by atomic mass is 10.1. The van der Waals surface area contributed by atoms with E-state index in [0.29, 0.717) is 54.2 Å². The summed E-state index contributed by atoms with van der Waals surface area (Å²) in [4.78, 5) is 27.6. The third-order valence-electron chi connectivity index (χ3n) is 5.89. The van der Waals surface area contributed by atoms with Gasteiger partial charge in [-0.2, -0.15) is 18.3 Å². The van der Waals surface area contributed by atoms with E-state index in [4.69, 9.17) is 4.74 Å². The van der Waals surface area contributed by atoms with Crippen molar-refractivity contribution >= 4 is 33.5 Å². The third-order valence-corrected chi connectivity index (χ3v) is 5.89. The molecule has 4 heterocycles. The number of carbonyl (C=O) groups is 1. The molecule has 9 nitrogen and oxygen atoms in total. The van der Waals surface area contributed by atoms with E-state index in [9.17, 15) is 18.0 Å². The quantitative estimate of drug-likeness (QED) is 0.440. The van der Waals surface area contributed by atoms with Crippen LogP contribution in [0.1, 0.15) is 11.3 Å². The molecule has 1 aliphatic rings. The Morgan fingerprint density at radius 2 is 1.94 bits per heavy atom. The number of aromatic nitrogens is 5. The number of H-pyrrole nitrogens is 1. The number of anilines is 1. The van der Waals surface area contributed by atoms with E-state index in [2.05, 4.69) is 31.7 Å². The number of hydrogen-bond acceptors (Lipinski definition) is 7. The molecule has 0 bridgehead atoms. The topological polar surface area (TPSA) is 100 Å². The number of ether oxygens (including phenoxy) is 1. The molecule has 1 N–H and O–H groups in total. The number of fused-ring (bicyclic) bond motifs is 2. The highest BCUT2D eigenvalue weighted by Crippen LogP contribution is 2.39. The highest BCUT2D eigenvalue weighted by atomic mass is 19.4. The molecule has 0 atom stereocenters. The molecule has 12 heteroatoms. The van der Waals surface area contributed by atoms with Crippen molar-refractivity contribution in [2.45, 2.75) is 13.1 Å². The summed E-state index contributed by atoms with van der Waals surface area (Å²) in [6.07, 6.45) is -0.668. The minimum atomic E-state index is -4.72. The number of aromatic amines is 1. The molecule has 180 valence electrons. The van der Waals surface area contributed by atoms with E-state index < -0.39 is 11.9 Å². The van der Waals surface area contributed by atoms with Gasteiger partial charge in [-0.1, -0.05) is 12.6 Å². The van der Waals surface area contributed by atoms with Gasteiger partial charge < -0.3 is 14.5 Å². The Bertz CT molecular complexity index is 1440. The number of piperazine rings is 1. The molecule has 0 unspecified atom stereocenters. The molecule has 0 aliphatic carbocycles. The van der Waals surface area contributed by atoms with Crippen LogP contribution in [-0.4, -0.2) is 62.1 Å². The average Bonchev–Trinajstić information content (AvgIpc) is 3.33. The summed E-state index contributed by atoms with van der Waals surface area (Å²) in [5, 5.41) is 7.57. The number of nitrogens with one attached hydrogen (secondary N) is 1. The maximum atomic E-state index is 13.8. The van der Waals surface area contributed by atoms with Crippen molar-refractivity contribution in [1.82, 2.24) is 30.0 Å². The van der Waals surface area contributed by atoms with E-state index >= 15 is 0 Å². The van der Waals surface area contributed by atoms with Gasteiger partial charge in [0.05, 0.1) is 22.5 Å². The predicted octanol–water partition coefficient (Wildman–Crippen LogP) is 3.86. The first-order chi connectivity index (χ1) is 16.8. The molecule has 1 aliphatic heterocycles. The highest BCUT2D eigenvalue weighted by molar-refractivity contribution is 5.94. The van der Waals surface area contributed by atoms with E-state index in [0.717, 1.165) is 6.07 Å². The van der Waals surface area contributed by atoms with Gasteiger partial charge in [-0.05, 0) is 30.7 Å². The van der Waals surface area contributed by atoms with Gasteiger partial charge in [0.25, 0.3) is 0 Å². The molecule has 4 aromatic rings. The fourth-order valence-electron chi connectivity index (χ4n) is 4.09. The second-order valence-electron chi connectivity index (χ2n) is 8.07. The number of halogens is 3. The van der Waals surface area contributed by atoms with Crippen LogP contribution < -0.4 is 9.64 Å². The van der Waals surface area contributed by atoms with Gasteiger partial charge in [-0.25, -0.2) is 15.0 Å². The number of aryl methyl sites for hydroxylation is 1. The average molecular weight is 483 g/mol. The van der Waals surface area contributed by atoms with E-state index in [1.165, 1.54) is 18.6 Å². The molecule has 3 aromatic heterocycles. The van der Waals surface area contributed by atoms with Crippen LogP contribution >= 0.6 is 0 Å². The van der Waals surface area contributed by atoms with Crippen molar-refractivity contribution in [3.63, 3.8) is 0 Å². The largest absolute Gasteiger partial charge is 0.436 e. The number of nitrogens with zero attached hydrogens (tertiary/aromatic N) is 6. The first-order valence-corrected chi connectivity index (χ1v) is 10.8. The van der Waals surface area contributed by atoms with Crippen molar-refractivity contribution in [1.29, 1.82) is 0 Å². The fourth-order valence-corrected chi connectivity index (χ4v) is 4.09. The Morgan fingerprint density at radius 1 is 1.17 bits per heavy atom. The van der Waals surface area contributed by atoms with Crippen LogP contribution in [0, 0.1) is 6.92 Å². The molecule has 0 spiro atoms. The van der Waals surface area contributed by atoms with Gasteiger partial charge in [0.15, 0.2) is 0 Å². The van der Waals surface area contributed by atoms with Crippen molar-refractivity contribution < 1.29 is 22.7 Å². The SMILES string of the molecule is C=CC(=O)N1CCN(c2ncnc3c(Oc4c(C)ccc5[nH]ncc45)nc(C(F)(F)F)cc23)CC1. The summed E-state index contributed by atoms with van der Waals surface area (Å²) in [6.45, 7) is 6.82. The van der Waals surface area contributed by atoms with Crippen LogP contribution in [0.15, 0.2) is 43.4 Å². The Labute approximate surface area is 197 Å². The number of carbonyl (C=O) groups excluding carboxylic acids is 1. The highest BCUT2D eigenvalue weighted by Gasteiger charge is 2.35. The molecule has 0 saturated carbocycles. The Morgan fingerprint density at radius 3 is 2.66 bits per heavy atom.